The van der Waals surface area contributed by atoms with E-state index in [9.17, 15) is 9.90 Å². The third-order valence-electron chi connectivity index (χ3n) is 3.58. The molecule has 0 aromatic heterocycles. The Morgan fingerprint density at radius 1 is 1.47 bits per heavy atom. The maximum Gasteiger partial charge on any atom is 0.319 e. The van der Waals surface area contributed by atoms with Crippen molar-refractivity contribution < 1.29 is 9.90 Å². The van der Waals surface area contributed by atoms with Crippen molar-refractivity contribution >= 4 is 27.6 Å². The molecule has 2 atom stereocenters. The van der Waals surface area contributed by atoms with Crippen molar-refractivity contribution in [3.63, 3.8) is 0 Å². The Morgan fingerprint density at radius 2 is 2.26 bits per heavy atom. The number of aryl methyl sites for hydroxylation is 1. The Hall–Kier alpha value is -1.07. The van der Waals surface area contributed by atoms with Gasteiger partial charge in [0.1, 0.15) is 0 Å². The van der Waals surface area contributed by atoms with E-state index in [2.05, 4.69) is 26.6 Å². The van der Waals surface area contributed by atoms with Crippen LogP contribution in [0.4, 0.5) is 10.5 Å². The number of aliphatic hydroxyl groups excluding tert-OH is 1. The van der Waals surface area contributed by atoms with E-state index >= 15 is 0 Å². The quantitative estimate of drug-likeness (QED) is 0.799. The van der Waals surface area contributed by atoms with Crippen molar-refractivity contribution in [2.24, 2.45) is 5.92 Å². The molecule has 104 valence electrons. The maximum atomic E-state index is 11.9. The third-order valence-corrected chi connectivity index (χ3v) is 4.24. The molecule has 0 heterocycles. The minimum atomic E-state index is -0.213. The largest absolute Gasteiger partial charge is 0.396 e. The van der Waals surface area contributed by atoms with Crippen molar-refractivity contribution in [3.8, 4) is 0 Å². The SMILES string of the molecule is Cc1ccc(NC(=O)NC2CCCC2CO)c(Br)c1. The summed E-state index contributed by atoms with van der Waals surface area (Å²) in [5.74, 6) is 0.187. The van der Waals surface area contributed by atoms with E-state index in [0.29, 0.717) is 0 Å². The zero-order valence-corrected chi connectivity index (χ0v) is 12.5. The van der Waals surface area contributed by atoms with Crippen molar-refractivity contribution in [1.29, 1.82) is 0 Å². The van der Waals surface area contributed by atoms with Gasteiger partial charge in [0.25, 0.3) is 0 Å². The van der Waals surface area contributed by atoms with Gasteiger partial charge in [0.15, 0.2) is 0 Å². The van der Waals surface area contributed by atoms with E-state index in [-0.39, 0.29) is 24.6 Å². The lowest BCUT2D eigenvalue weighted by Gasteiger charge is -2.19. The number of carbonyl (C=O) groups is 1. The summed E-state index contributed by atoms with van der Waals surface area (Å²) in [6, 6.07) is 5.65. The summed E-state index contributed by atoms with van der Waals surface area (Å²) >= 11 is 3.43. The van der Waals surface area contributed by atoms with Crippen molar-refractivity contribution in [1.82, 2.24) is 5.32 Å². The maximum absolute atomic E-state index is 11.9. The molecule has 0 bridgehead atoms. The van der Waals surface area contributed by atoms with E-state index in [0.717, 1.165) is 35.0 Å². The van der Waals surface area contributed by atoms with Crippen LogP contribution in [0.3, 0.4) is 0 Å². The highest BCUT2D eigenvalue weighted by atomic mass is 79.9. The van der Waals surface area contributed by atoms with Crippen LogP contribution in [0.2, 0.25) is 0 Å². The second kappa shape index (κ2) is 6.39. The number of nitrogens with one attached hydrogen (secondary N) is 2. The van der Waals surface area contributed by atoms with Gasteiger partial charge < -0.3 is 15.7 Å². The number of amides is 2. The highest BCUT2D eigenvalue weighted by Gasteiger charge is 2.27. The van der Waals surface area contributed by atoms with Crippen molar-refractivity contribution in [3.05, 3.63) is 28.2 Å². The van der Waals surface area contributed by atoms with E-state index in [1.54, 1.807) is 0 Å². The van der Waals surface area contributed by atoms with E-state index in [1.807, 2.05) is 25.1 Å². The smallest absolute Gasteiger partial charge is 0.319 e. The average Bonchev–Trinajstić information content (AvgIpc) is 2.80. The molecule has 2 amide bonds. The van der Waals surface area contributed by atoms with Crippen molar-refractivity contribution in [2.75, 3.05) is 11.9 Å². The molecule has 0 spiro atoms. The van der Waals surface area contributed by atoms with Crippen LogP contribution in [-0.4, -0.2) is 23.8 Å². The fraction of sp³-hybridized carbons (Fsp3) is 0.500. The van der Waals surface area contributed by atoms with Crippen LogP contribution in [0.25, 0.3) is 0 Å². The van der Waals surface area contributed by atoms with Gasteiger partial charge >= 0.3 is 6.03 Å². The molecule has 2 rings (SSSR count). The average molecular weight is 327 g/mol. The fourth-order valence-corrected chi connectivity index (χ4v) is 3.09. The molecule has 0 saturated heterocycles. The van der Waals surface area contributed by atoms with Gasteiger partial charge in [0, 0.05) is 23.0 Å². The molecule has 0 aliphatic heterocycles. The molecule has 2 unspecified atom stereocenters. The fourth-order valence-electron chi connectivity index (χ4n) is 2.49. The highest BCUT2D eigenvalue weighted by Crippen LogP contribution is 2.26. The highest BCUT2D eigenvalue weighted by molar-refractivity contribution is 9.10. The molecular weight excluding hydrogens is 308 g/mol. The summed E-state index contributed by atoms with van der Waals surface area (Å²) in [4.78, 5) is 11.9. The summed E-state index contributed by atoms with van der Waals surface area (Å²) in [7, 11) is 0. The van der Waals surface area contributed by atoms with E-state index < -0.39 is 0 Å². The van der Waals surface area contributed by atoms with Gasteiger partial charge in [-0.1, -0.05) is 12.5 Å². The number of benzene rings is 1. The monoisotopic (exact) mass is 326 g/mol. The zero-order valence-electron chi connectivity index (χ0n) is 10.9. The number of aliphatic hydroxyl groups is 1. The summed E-state index contributed by atoms with van der Waals surface area (Å²) in [6.07, 6.45) is 2.98. The number of rotatable bonds is 3. The molecule has 1 aliphatic rings. The van der Waals surface area contributed by atoms with Crippen molar-refractivity contribution in [2.45, 2.75) is 32.2 Å². The molecule has 0 radical (unpaired) electrons. The first-order valence-electron chi connectivity index (χ1n) is 6.54. The Labute approximate surface area is 121 Å². The predicted molar refractivity (Wildman–Crippen MR) is 79.2 cm³/mol. The third kappa shape index (κ3) is 3.70. The Bertz CT molecular complexity index is 465. The molecule has 1 fully saturated rings. The van der Waals surface area contributed by atoms with Crippen LogP contribution < -0.4 is 10.6 Å². The Morgan fingerprint density at radius 3 is 2.95 bits per heavy atom. The molecule has 3 N–H and O–H groups in total. The number of hydrogen-bond donors (Lipinski definition) is 3. The minimum absolute atomic E-state index is 0.0780. The van der Waals surface area contributed by atoms with Gasteiger partial charge in [0.2, 0.25) is 0 Å². The Kier molecular flexibility index (Phi) is 4.82. The lowest BCUT2D eigenvalue weighted by molar-refractivity contribution is 0.203. The summed E-state index contributed by atoms with van der Waals surface area (Å²) in [5.41, 5.74) is 1.88. The molecular formula is C14H19BrN2O2. The van der Waals surface area contributed by atoms with Gasteiger partial charge in [-0.25, -0.2) is 4.79 Å². The van der Waals surface area contributed by atoms with Crippen LogP contribution >= 0.6 is 15.9 Å². The van der Waals surface area contributed by atoms with Gasteiger partial charge in [-0.05, 0) is 53.4 Å². The first-order valence-corrected chi connectivity index (χ1v) is 7.34. The van der Waals surface area contributed by atoms with Gasteiger partial charge in [-0.3, -0.25) is 0 Å². The van der Waals surface area contributed by atoms with Crippen LogP contribution in [0.5, 0.6) is 0 Å². The second-order valence-corrected chi connectivity index (χ2v) is 5.92. The topological polar surface area (TPSA) is 61.4 Å². The minimum Gasteiger partial charge on any atom is -0.396 e. The standard InChI is InChI=1S/C14H19BrN2O2/c1-9-5-6-13(11(15)7-9)17-14(19)16-12-4-2-3-10(12)8-18/h5-7,10,12,18H,2-4,8H2,1H3,(H2,16,17,19). The molecule has 1 aromatic carbocycles. The summed E-state index contributed by atoms with van der Waals surface area (Å²) in [5, 5.41) is 15.0. The number of hydrogen-bond acceptors (Lipinski definition) is 2. The second-order valence-electron chi connectivity index (χ2n) is 5.06. The van der Waals surface area contributed by atoms with Gasteiger partial charge in [0.05, 0.1) is 5.69 Å². The Balaban J connectivity index is 1.94. The number of halogens is 1. The molecule has 19 heavy (non-hydrogen) atoms. The van der Waals surface area contributed by atoms with E-state index in [4.69, 9.17) is 0 Å². The summed E-state index contributed by atoms with van der Waals surface area (Å²) in [6.45, 7) is 2.14. The van der Waals surface area contributed by atoms with Crippen LogP contribution in [0, 0.1) is 12.8 Å². The first kappa shape index (κ1) is 14.3. The predicted octanol–water partition coefficient (Wildman–Crippen LogP) is 3.04. The van der Waals surface area contributed by atoms with Crippen LogP contribution in [0.15, 0.2) is 22.7 Å². The lowest BCUT2D eigenvalue weighted by atomic mass is 10.1. The molecule has 1 aliphatic carbocycles. The summed E-state index contributed by atoms with van der Waals surface area (Å²) < 4.78 is 0.868. The molecule has 4 nitrogen and oxygen atoms in total. The zero-order chi connectivity index (χ0) is 13.8. The van der Waals surface area contributed by atoms with Gasteiger partial charge in [-0.15, -0.1) is 0 Å². The van der Waals surface area contributed by atoms with Crippen LogP contribution in [-0.2, 0) is 0 Å². The van der Waals surface area contributed by atoms with Gasteiger partial charge in [-0.2, -0.15) is 0 Å². The number of carbonyl (C=O) groups excluding carboxylic acids is 1. The normalized spacial score (nSPS) is 22.3. The molecule has 1 aromatic rings. The molecule has 1 saturated carbocycles. The number of anilines is 1. The lowest BCUT2D eigenvalue weighted by Crippen LogP contribution is -2.41. The van der Waals surface area contributed by atoms with Crippen LogP contribution in [0.1, 0.15) is 24.8 Å². The van der Waals surface area contributed by atoms with E-state index in [1.165, 1.54) is 0 Å². The number of urea groups is 1. The molecule has 5 heteroatoms. The first-order chi connectivity index (χ1) is 9.10.